The first-order chi connectivity index (χ1) is 15.2. The Kier molecular flexibility index (Phi) is 8.23. The highest BCUT2D eigenvalue weighted by molar-refractivity contribution is 5.93. The fraction of sp³-hybridized carbons (Fsp3) is 0.231. The Balaban J connectivity index is 1.52. The molecular weight excluding hydrogens is 390 g/mol. The number of para-hydroxylation sites is 1. The van der Waals surface area contributed by atoms with Gasteiger partial charge in [0.05, 0.1) is 12.2 Å². The number of esters is 1. The summed E-state index contributed by atoms with van der Waals surface area (Å²) in [5.74, 6) is 0.0594. The Bertz CT molecular complexity index is 984. The van der Waals surface area contributed by atoms with Gasteiger partial charge in [0, 0.05) is 12.1 Å². The molecule has 3 aromatic carbocycles. The Hall–Kier alpha value is -3.60. The SMILES string of the molecule is CCCCOC(=O)c1ccc(NC(=O)COc2ccccc2Cc2ccccc2)cc1. The van der Waals surface area contributed by atoms with Crippen molar-refractivity contribution in [2.24, 2.45) is 0 Å². The molecule has 0 spiro atoms. The molecule has 0 heterocycles. The quantitative estimate of drug-likeness (QED) is 0.361. The molecule has 0 fully saturated rings. The van der Waals surface area contributed by atoms with Gasteiger partial charge in [0.1, 0.15) is 5.75 Å². The summed E-state index contributed by atoms with van der Waals surface area (Å²) in [5, 5.41) is 2.78. The number of carbonyl (C=O) groups excluding carboxylic acids is 2. The second-order valence-electron chi connectivity index (χ2n) is 7.17. The lowest BCUT2D eigenvalue weighted by atomic mass is 10.0. The maximum Gasteiger partial charge on any atom is 0.338 e. The standard InChI is InChI=1S/C26H27NO4/c1-2-3-17-30-26(29)21-13-15-23(16-14-21)27-25(28)19-31-24-12-8-7-11-22(24)18-20-9-5-4-6-10-20/h4-16H,2-3,17-19H2,1H3,(H,27,28). The maximum atomic E-state index is 12.3. The van der Waals surface area contributed by atoms with Crippen LogP contribution >= 0.6 is 0 Å². The molecule has 0 saturated heterocycles. The molecule has 160 valence electrons. The number of nitrogens with one attached hydrogen (secondary N) is 1. The average molecular weight is 418 g/mol. The number of anilines is 1. The number of unbranched alkanes of at least 4 members (excludes halogenated alkanes) is 1. The number of ether oxygens (including phenoxy) is 2. The molecule has 0 radical (unpaired) electrons. The molecule has 0 bridgehead atoms. The largest absolute Gasteiger partial charge is 0.483 e. The van der Waals surface area contributed by atoms with E-state index < -0.39 is 0 Å². The molecule has 3 rings (SSSR count). The molecule has 0 aliphatic heterocycles. The van der Waals surface area contributed by atoms with E-state index in [1.807, 2.05) is 49.4 Å². The molecule has 31 heavy (non-hydrogen) atoms. The fourth-order valence-corrected chi connectivity index (χ4v) is 3.03. The van der Waals surface area contributed by atoms with E-state index in [0.29, 0.717) is 23.6 Å². The summed E-state index contributed by atoms with van der Waals surface area (Å²) in [4.78, 5) is 24.3. The van der Waals surface area contributed by atoms with Gasteiger partial charge in [-0.05, 0) is 47.9 Å². The summed E-state index contributed by atoms with van der Waals surface area (Å²) in [5.41, 5.74) is 3.25. The van der Waals surface area contributed by atoms with E-state index in [0.717, 1.165) is 24.8 Å². The first-order valence-corrected chi connectivity index (χ1v) is 10.5. The molecule has 0 saturated carbocycles. The second kappa shape index (κ2) is 11.6. The molecule has 3 aromatic rings. The summed E-state index contributed by atoms with van der Waals surface area (Å²) < 4.78 is 11.0. The summed E-state index contributed by atoms with van der Waals surface area (Å²) in [6.07, 6.45) is 2.54. The van der Waals surface area contributed by atoms with Crippen LogP contribution in [0.4, 0.5) is 5.69 Å². The van der Waals surface area contributed by atoms with Gasteiger partial charge in [-0.1, -0.05) is 61.9 Å². The molecular formula is C26H27NO4. The van der Waals surface area contributed by atoms with Crippen molar-refractivity contribution >= 4 is 17.6 Å². The third-order valence-electron chi connectivity index (χ3n) is 4.70. The lowest BCUT2D eigenvalue weighted by Gasteiger charge is -2.12. The van der Waals surface area contributed by atoms with Crippen molar-refractivity contribution < 1.29 is 19.1 Å². The fourth-order valence-electron chi connectivity index (χ4n) is 3.03. The zero-order chi connectivity index (χ0) is 21.9. The van der Waals surface area contributed by atoms with Gasteiger partial charge < -0.3 is 14.8 Å². The van der Waals surface area contributed by atoms with Gasteiger partial charge in [0.2, 0.25) is 0 Å². The molecule has 1 amide bonds. The lowest BCUT2D eigenvalue weighted by molar-refractivity contribution is -0.118. The maximum absolute atomic E-state index is 12.3. The lowest BCUT2D eigenvalue weighted by Crippen LogP contribution is -2.20. The number of hydrogen-bond acceptors (Lipinski definition) is 4. The van der Waals surface area contributed by atoms with Crippen molar-refractivity contribution in [1.29, 1.82) is 0 Å². The van der Waals surface area contributed by atoms with Crippen LogP contribution in [-0.2, 0) is 16.0 Å². The molecule has 5 heteroatoms. The van der Waals surface area contributed by atoms with Crippen molar-refractivity contribution in [3.8, 4) is 5.75 Å². The zero-order valence-electron chi connectivity index (χ0n) is 17.7. The molecule has 0 unspecified atom stereocenters. The van der Waals surface area contributed by atoms with Gasteiger partial charge in [-0.3, -0.25) is 4.79 Å². The van der Waals surface area contributed by atoms with E-state index in [1.165, 1.54) is 5.56 Å². The van der Waals surface area contributed by atoms with Crippen LogP contribution in [0.1, 0.15) is 41.3 Å². The highest BCUT2D eigenvalue weighted by Crippen LogP contribution is 2.21. The van der Waals surface area contributed by atoms with Crippen LogP contribution in [0.25, 0.3) is 0 Å². The third kappa shape index (κ3) is 7.00. The average Bonchev–Trinajstić information content (AvgIpc) is 2.80. The summed E-state index contributed by atoms with van der Waals surface area (Å²) in [6, 6.07) is 24.5. The summed E-state index contributed by atoms with van der Waals surface area (Å²) in [6.45, 7) is 2.35. The van der Waals surface area contributed by atoms with Crippen LogP contribution in [0.3, 0.4) is 0 Å². The number of carbonyl (C=O) groups is 2. The molecule has 1 N–H and O–H groups in total. The van der Waals surface area contributed by atoms with Crippen LogP contribution < -0.4 is 10.1 Å². The normalized spacial score (nSPS) is 10.4. The van der Waals surface area contributed by atoms with E-state index >= 15 is 0 Å². The number of benzene rings is 3. The minimum atomic E-state index is -0.357. The Morgan fingerprint density at radius 3 is 2.32 bits per heavy atom. The van der Waals surface area contributed by atoms with Crippen molar-refractivity contribution in [3.63, 3.8) is 0 Å². The molecule has 5 nitrogen and oxygen atoms in total. The molecule has 0 aromatic heterocycles. The van der Waals surface area contributed by atoms with E-state index in [2.05, 4.69) is 17.4 Å². The van der Waals surface area contributed by atoms with Crippen molar-refractivity contribution in [3.05, 3.63) is 95.6 Å². The second-order valence-corrected chi connectivity index (χ2v) is 7.17. The van der Waals surface area contributed by atoms with Crippen LogP contribution in [0, 0.1) is 0 Å². The van der Waals surface area contributed by atoms with Gasteiger partial charge in [-0.15, -0.1) is 0 Å². The van der Waals surface area contributed by atoms with Crippen LogP contribution in [0.5, 0.6) is 5.75 Å². The predicted octanol–water partition coefficient (Wildman–Crippen LogP) is 5.25. The molecule has 0 atom stereocenters. The van der Waals surface area contributed by atoms with Gasteiger partial charge in [-0.2, -0.15) is 0 Å². The van der Waals surface area contributed by atoms with E-state index in [9.17, 15) is 9.59 Å². The number of amides is 1. The Morgan fingerprint density at radius 2 is 1.58 bits per heavy atom. The topological polar surface area (TPSA) is 64.6 Å². The highest BCUT2D eigenvalue weighted by Gasteiger charge is 2.10. The number of hydrogen-bond donors (Lipinski definition) is 1. The monoisotopic (exact) mass is 417 g/mol. The van der Waals surface area contributed by atoms with Crippen LogP contribution in [-0.4, -0.2) is 25.1 Å². The van der Waals surface area contributed by atoms with Gasteiger partial charge in [0.15, 0.2) is 6.61 Å². The van der Waals surface area contributed by atoms with Crippen LogP contribution in [0.15, 0.2) is 78.9 Å². The van der Waals surface area contributed by atoms with Gasteiger partial charge >= 0.3 is 5.97 Å². The number of rotatable bonds is 10. The van der Waals surface area contributed by atoms with Crippen molar-refractivity contribution in [2.45, 2.75) is 26.2 Å². The predicted molar refractivity (Wildman–Crippen MR) is 121 cm³/mol. The van der Waals surface area contributed by atoms with E-state index in [4.69, 9.17) is 9.47 Å². The smallest absolute Gasteiger partial charge is 0.338 e. The Morgan fingerprint density at radius 1 is 0.871 bits per heavy atom. The van der Waals surface area contributed by atoms with Gasteiger partial charge in [-0.25, -0.2) is 4.79 Å². The highest BCUT2D eigenvalue weighted by atomic mass is 16.5. The van der Waals surface area contributed by atoms with Crippen molar-refractivity contribution in [1.82, 2.24) is 0 Å². The van der Waals surface area contributed by atoms with Crippen molar-refractivity contribution in [2.75, 3.05) is 18.5 Å². The molecule has 0 aliphatic rings. The minimum absolute atomic E-state index is 0.105. The first-order valence-electron chi connectivity index (χ1n) is 10.5. The van der Waals surface area contributed by atoms with Crippen LogP contribution in [0.2, 0.25) is 0 Å². The third-order valence-corrected chi connectivity index (χ3v) is 4.70. The Labute approximate surface area is 183 Å². The minimum Gasteiger partial charge on any atom is -0.483 e. The van der Waals surface area contributed by atoms with E-state index in [1.54, 1.807) is 24.3 Å². The van der Waals surface area contributed by atoms with E-state index in [-0.39, 0.29) is 18.5 Å². The van der Waals surface area contributed by atoms with Gasteiger partial charge in [0.25, 0.3) is 5.91 Å². The summed E-state index contributed by atoms with van der Waals surface area (Å²) in [7, 11) is 0. The summed E-state index contributed by atoms with van der Waals surface area (Å²) >= 11 is 0. The first kappa shape index (κ1) is 22.1. The molecule has 0 aliphatic carbocycles. The zero-order valence-corrected chi connectivity index (χ0v) is 17.7.